The zero-order valence-corrected chi connectivity index (χ0v) is 24.7. The number of nitrogens with one attached hydrogen (secondary N) is 3. The Bertz CT molecular complexity index is 1960. The van der Waals surface area contributed by atoms with Gasteiger partial charge in [0.05, 0.1) is 22.1 Å². The van der Waals surface area contributed by atoms with Crippen LogP contribution in [0.3, 0.4) is 0 Å². The monoisotopic (exact) mass is 593 g/mol. The van der Waals surface area contributed by atoms with Crippen LogP contribution in [0.4, 0.5) is 14.5 Å². The van der Waals surface area contributed by atoms with Crippen molar-refractivity contribution in [3.8, 4) is 33.9 Å². The number of rotatable bonds is 9. The van der Waals surface area contributed by atoms with Crippen LogP contribution in [0.2, 0.25) is 0 Å². The van der Waals surface area contributed by atoms with E-state index in [0.29, 0.717) is 68.1 Å². The highest BCUT2D eigenvalue weighted by molar-refractivity contribution is 5.98. The average molecular weight is 594 g/mol. The zero-order valence-electron chi connectivity index (χ0n) is 24.7. The molecule has 0 amide bonds. The Morgan fingerprint density at radius 3 is 2.66 bits per heavy atom. The predicted octanol–water partition coefficient (Wildman–Crippen LogP) is 6.08. The number of likely N-dealkylation sites (tertiary alicyclic amines) is 1. The van der Waals surface area contributed by atoms with E-state index in [1.54, 1.807) is 24.5 Å². The van der Waals surface area contributed by atoms with Crippen molar-refractivity contribution in [3.63, 3.8) is 0 Å². The molecule has 9 nitrogen and oxygen atoms in total. The van der Waals surface area contributed by atoms with E-state index in [1.165, 1.54) is 25.0 Å². The fraction of sp³-hybridized carbons (Fsp3) is 0.273. The molecule has 44 heavy (non-hydrogen) atoms. The summed E-state index contributed by atoms with van der Waals surface area (Å²) < 4.78 is 31.0. The normalized spacial score (nSPS) is 13.9. The first-order valence-corrected chi connectivity index (χ1v) is 14.8. The number of nitrogens with zero attached hydrogens (tertiary/aromatic N) is 6. The summed E-state index contributed by atoms with van der Waals surface area (Å²) in [6, 6.07) is 12.1. The lowest BCUT2D eigenvalue weighted by Crippen LogP contribution is -2.20. The number of aromatic amines is 2. The SMILES string of the molecule is CN(C)CCNc1cc(F)cc(-c2nccc3[nH]c(-c4n[nH]c5ccc(-c6cncc(CN7CCCC7)c6)c(F)c45)nc23)c1. The van der Waals surface area contributed by atoms with Crippen LogP contribution >= 0.6 is 0 Å². The zero-order chi connectivity index (χ0) is 30.2. The smallest absolute Gasteiger partial charge is 0.159 e. The summed E-state index contributed by atoms with van der Waals surface area (Å²) in [6.07, 6.45) is 7.60. The number of likely N-dealkylation sites (N-methyl/N-ethyl adjacent to an activating group) is 1. The van der Waals surface area contributed by atoms with Gasteiger partial charge in [0.1, 0.15) is 22.8 Å². The van der Waals surface area contributed by atoms with Gasteiger partial charge in [0.2, 0.25) is 0 Å². The number of hydrogen-bond acceptors (Lipinski definition) is 7. The van der Waals surface area contributed by atoms with E-state index >= 15 is 4.39 Å². The first-order valence-electron chi connectivity index (χ1n) is 14.8. The topological polar surface area (TPSA) is 102 Å². The van der Waals surface area contributed by atoms with Crippen molar-refractivity contribution in [2.24, 2.45) is 0 Å². The third-order valence-electron chi connectivity index (χ3n) is 8.06. The summed E-state index contributed by atoms with van der Waals surface area (Å²) >= 11 is 0. The quantitative estimate of drug-likeness (QED) is 0.187. The van der Waals surface area contributed by atoms with Gasteiger partial charge < -0.3 is 15.2 Å². The molecule has 6 aromatic rings. The molecule has 7 rings (SSSR count). The summed E-state index contributed by atoms with van der Waals surface area (Å²) in [6.45, 7) is 4.42. The van der Waals surface area contributed by atoms with Crippen molar-refractivity contribution in [2.75, 3.05) is 45.6 Å². The lowest BCUT2D eigenvalue weighted by atomic mass is 10.0. The average Bonchev–Trinajstić information content (AvgIpc) is 3.77. The van der Waals surface area contributed by atoms with Crippen molar-refractivity contribution >= 4 is 27.6 Å². The second kappa shape index (κ2) is 11.7. The second-order valence-electron chi connectivity index (χ2n) is 11.6. The number of imidazole rings is 1. The lowest BCUT2D eigenvalue weighted by Gasteiger charge is -2.15. The Morgan fingerprint density at radius 1 is 0.955 bits per heavy atom. The molecule has 0 atom stereocenters. The molecule has 0 radical (unpaired) electrons. The number of halogens is 2. The van der Waals surface area contributed by atoms with E-state index in [0.717, 1.165) is 31.7 Å². The summed E-state index contributed by atoms with van der Waals surface area (Å²) in [5.74, 6) is -0.391. The van der Waals surface area contributed by atoms with Gasteiger partial charge >= 0.3 is 0 Å². The van der Waals surface area contributed by atoms with Gasteiger partial charge in [-0.1, -0.05) is 0 Å². The molecule has 0 bridgehead atoms. The van der Waals surface area contributed by atoms with Gasteiger partial charge in [-0.25, -0.2) is 13.8 Å². The molecule has 224 valence electrons. The van der Waals surface area contributed by atoms with Crippen LogP contribution in [0.1, 0.15) is 18.4 Å². The van der Waals surface area contributed by atoms with E-state index < -0.39 is 5.82 Å². The Balaban J connectivity index is 1.25. The minimum absolute atomic E-state index is 0.333. The van der Waals surface area contributed by atoms with Crippen LogP contribution in [0.25, 0.3) is 55.8 Å². The molecule has 0 spiro atoms. The molecule has 11 heteroatoms. The minimum atomic E-state index is -0.399. The highest BCUT2D eigenvalue weighted by Crippen LogP contribution is 2.35. The Kier molecular flexibility index (Phi) is 7.49. The second-order valence-corrected chi connectivity index (χ2v) is 11.6. The number of H-pyrrole nitrogens is 2. The first-order chi connectivity index (χ1) is 21.4. The van der Waals surface area contributed by atoms with Gasteiger partial charge in [-0.05, 0) is 88.1 Å². The lowest BCUT2D eigenvalue weighted by molar-refractivity contribution is 0.331. The van der Waals surface area contributed by atoms with Gasteiger partial charge in [-0.15, -0.1) is 0 Å². The fourth-order valence-corrected chi connectivity index (χ4v) is 5.90. The van der Waals surface area contributed by atoms with Crippen LogP contribution in [0.5, 0.6) is 0 Å². The highest BCUT2D eigenvalue weighted by Gasteiger charge is 2.21. The molecule has 0 unspecified atom stereocenters. The van der Waals surface area contributed by atoms with Crippen molar-refractivity contribution in [2.45, 2.75) is 19.4 Å². The van der Waals surface area contributed by atoms with E-state index in [2.05, 4.69) is 40.3 Å². The molecule has 1 aliphatic heterocycles. The minimum Gasteiger partial charge on any atom is -0.384 e. The molecule has 5 heterocycles. The highest BCUT2D eigenvalue weighted by atomic mass is 19.1. The van der Waals surface area contributed by atoms with Crippen LogP contribution < -0.4 is 5.32 Å². The molecular weight excluding hydrogens is 560 g/mol. The first kappa shape index (κ1) is 28.1. The molecule has 1 fully saturated rings. The summed E-state index contributed by atoms with van der Waals surface area (Å²) in [7, 11) is 3.97. The third-order valence-corrected chi connectivity index (χ3v) is 8.06. The molecular formula is C33H33F2N9. The van der Waals surface area contributed by atoms with Crippen molar-refractivity contribution < 1.29 is 8.78 Å². The molecule has 0 aliphatic carbocycles. The third kappa shape index (κ3) is 5.51. The van der Waals surface area contributed by atoms with Crippen LogP contribution in [0.15, 0.2) is 61.1 Å². The van der Waals surface area contributed by atoms with E-state index in [9.17, 15) is 4.39 Å². The number of benzene rings is 2. The van der Waals surface area contributed by atoms with Crippen LogP contribution in [-0.2, 0) is 6.54 Å². The van der Waals surface area contributed by atoms with Crippen molar-refractivity contribution in [1.29, 1.82) is 0 Å². The fourth-order valence-electron chi connectivity index (χ4n) is 5.90. The number of aromatic nitrogens is 6. The Hall–Kier alpha value is -4.74. The van der Waals surface area contributed by atoms with Crippen molar-refractivity contribution in [1.82, 2.24) is 39.9 Å². The maximum Gasteiger partial charge on any atom is 0.159 e. The summed E-state index contributed by atoms with van der Waals surface area (Å²) in [5.41, 5.74) is 6.11. The predicted molar refractivity (Wildman–Crippen MR) is 169 cm³/mol. The van der Waals surface area contributed by atoms with E-state index in [4.69, 9.17) is 4.98 Å². The number of fused-ring (bicyclic) bond motifs is 2. The molecule has 2 aromatic carbocycles. The van der Waals surface area contributed by atoms with E-state index in [1.807, 2.05) is 38.5 Å². The summed E-state index contributed by atoms with van der Waals surface area (Å²) in [5, 5.41) is 11.0. The summed E-state index contributed by atoms with van der Waals surface area (Å²) in [4.78, 5) is 21.5. The Morgan fingerprint density at radius 2 is 1.82 bits per heavy atom. The van der Waals surface area contributed by atoms with E-state index in [-0.39, 0.29) is 5.82 Å². The van der Waals surface area contributed by atoms with Crippen LogP contribution in [-0.4, -0.2) is 80.2 Å². The molecule has 1 aliphatic rings. The number of hydrogen-bond donors (Lipinski definition) is 3. The number of pyridine rings is 2. The van der Waals surface area contributed by atoms with Gasteiger partial charge in [0, 0.05) is 60.6 Å². The number of anilines is 1. The molecule has 1 saturated heterocycles. The van der Waals surface area contributed by atoms with Crippen molar-refractivity contribution in [3.05, 3.63) is 78.3 Å². The molecule has 3 N–H and O–H groups in total. The van der Waals surface area contributed by atoms with Gasteiger partial charge in [0.25, 0.3) is 0 Å². The van der Waals surface area contributed by atoms with Crippen LogP contribution in [0, 0.1) is 11.6 Å². The van der Waals surface area contributed by atoms with Gasteiger partial charge in [-0.3, -0.25) is 20.0 Å². The largest absolute Gasteiger partial charge is 0.384 e. The van der Waals surface area contributed by atoms with Gasteiger partial charge in [-0.2, -0.15) is 5.10 Å². The maximum atomic E-state index is 16.3. The Labute approximate surface area is 253 Å². The standard InChI is InChI=1S/C33H33F2N9/c1-43(2)12-9-37-24-15-21(14-23(34)16-24)30-31-27(7-8-38-30)39-33(40-31)32-28-26(41-42-32)6-5-25(29(28)35)22-13-20(17-36-18-22)19-44-10-3-4-11-44/h5-8,13-18,37H,3-4,9-12,19H2,1-2H3,(H,39,40)(H,41,42). The maximum absolute atomic E-state index is 16.3. The molecule has 0 saturated carbocycles. The molecule has 4 aromatic heterocycles. The van der Waals surface area contributed by atoms with Gasteiger partial charge in [0.15, 0.2) is 5.82 Å².